The van der Waals surface area contributed by atoms with Gasteiger partial charge < -0.3 is 30.4 Å². The van der Waals surface area contributed by atoms with Crippen molar-refractivity contribution >= 4 is 17.5 Å². The minimum absolute atomic E-state index is 0. The Morgan fingerprint density at radius 2 is 2.02 bits per heavy atom. The maximum Gasteiger partial charge on any atom is 0.235 e. The van der Waals surface area contributed by atoms with E-state index in [0.29, 0.717) is 6.42 Å². The van der Waals surface area contributed by atoms with Gasteiger partial charge >= 0.3 is 0 Å². The number of ether oxygens (including phenoxy) is 3. The largest absolute Gasteiger partial charge is 0.390 e. The predicted molar refractivity (Wildman–Crippen MR) is 143 cm³/mol. The Kier molecular flexibility index (Phi) is 9.48. The third kappa shape index (κ3) is 4.77. The van der Waals surface area contributed by atoms with Crippen molar-refractivity contribution in [2.75, 3.05) is 26.5 Å². The quantitative estimate of drug-likeness (QED) is 0.284. The maximum absolute atomic E-state index is 17.3. The summed E-state index contributed by atoms with van der Waals surface area (Å²) in [5.41, 5.74) is -1.27. The van der Waals surface area contributed by atoms with E-state index in [2.05, 4.69) is 5.32 Å². The van der Waals surface area contributed by atoms with E-state index in [0.717, 1.165) is 12.5 Å². The van der Waals surface area contributed by atoms with E-state index in [1.54, 1.807) is 13.8 Å². The fourth-order valence-corrected chi connectivity index (χ4v) is 7.35. The molecule has 4 rings (SSSR count). The van der Waals surface area contributed by atoms with Crippen LogP contribution in [0.25, 0.3) is 0 Å². The van der Waals surface area contributed by atoms with Gasteiger partial charge in [-0.2, -0.15) is 0 Å². The van der Waals surface area contributed by atoms with Gasteiger partial charge in [0.15, 0.2) is 29.1 Å². The number of ketones is 2. The molecule has 11 heteroatoms. The van der Waals surface area contributed by atoms with Crippen LogP contribution in [0.5, 0.6) is 0 Å². The van der Waals surface area contributed by atoms with Crippen LogP contribution in [-0.2, 0) is 28.6 Å². The summed E-state index contributed by atoms with van der Waals surface area (Å²) in [5.74, 6) is -2.98. The molecule has 1 amide bonds. The van der Waals surface area contributed by atoms with Gasteiger partial charge in [0.25, 0.3) is 0 Å². The molecule has 9 nitrogen and oxygen atoms in total. The zero-order chi connectivity index (χ0) is 28.8. The lowest BCUT2D eigenvalue weighted by molar-refractivity contribution is -0.242. The van der Waals surface area contributed by atoms with Gasteiger partial charge in [-0.1, -0.05) is 40.7 Å². The molecule has 226 valence electrons. The molecule has 1 aliphatic heterocycles. The lowest BCUT2D eigenvalue weighted by atomic mass is 9.43. The molecule has 0 aromatic heterocycles. The second kappa shape index (κ2) is 11.7. The minimum atomic E-state index is -2.28. The third-order valence-electron chi connectivity index (χ3n) is 9.82. The lowest BCUT2D eigenvalue weighted by Gasteiger charge is -2.64. The van der Waals surface area contributed by atoms with Crippen LogP contribution in [0.2, 0.25) is 0 Å². The van der Waals surface area contributed by atoms with E-state index in [-0.39, 0.29) is 45.7 Å². The molecular formula is C29H44F2N2O7. The van der Waals surface area contributed by atoms with Crippen LogP contribution in [0.1, 0.15) is 60.8 Å². The molecule has 3 fully saturated rings. The van der Waals surface area contributed by atoms with Crippen molar-refractivity contribution in [2.45, 2.75) is 90.6 Å². The summed E-state index contributed by atoms with van der Waals surface area (Å²) in [5, 5.41) is 14.0. The van der Waals surface area contributed by atoms with Gasteiger partial charge in [0.1, 0.15) is 19.5 Å². The maximum atomic E-state index is 17.3. The summed E-state index contributed by atoms with van der Waals surface area (Å²) in [6.07, 6.45) is 0.692. The van der Waals surface area contributed by atoms with Crippen molar-refractivity contribution < 1.29 is 42.5 Å². The number of amides is 1. The number of nitrogens with two attached hydrogens (primary N) is 1. The molecule has 3 aliphatic carbocycles. The highest BCUT2D eigenvalue weighted by molar-refractivity contribution is 6.01. The van der Waals surface area contributed by atoms with Crippen molar-refractivity contribution in [3.05, 3.63) is 23.8 Å². The molecule has 0 radical (unpaired) electrons. The first-order valence-electron chi connectivity index (χ1n) is 13.6. The first-order chi connectivity index (χ1) is 18.3. The van der Waals surface area contributed by atoms with Gasteiger partial charge in [0, 0.05) is 16.7 Å². The van der Waals surface area contributed by atoms with Gasteiger partial charge in [-0.15, -0.1) is 0 Å². The summed E-state index contributed by atoms with van der Waals surface area (Å²) < 4.78 is 50.6. The summed E-state index contributed by atoms with van der Waals surface area (Å²) in [6.45, 7) is 5.95. The Balaban J connectivity index is 0.00000441. The van der Waals surface area contributed by atoms with Crippen LogP contribution in [-0.4, -0.2) is 78.9 Å². The van der Waals surface area contributed by atoms with Crippen LogP contribution in [0.3, 0.4) is 0 Å². The van der Waals surface area contributed by atoms with E-state index >= 15 is 8.78 Å². The van der Waals surface area contributed by atoms with E-state index in [4.69, 9.17) is 19.9 Å². The van der Waals surface area contributed by atoms with Gasteiger partial charge in [-0.25, -0.2) is 8.78 Å². The first kappa shape index (κ1) is 32.5. The van der Waals surface area contributed by atoms with Crippen molar-refractivity contribution in [3.63, 3.8) is 0 Å². The number of rotatable bonds is 9. The second-order valence-electron chi connectivity index (χ2n) is 11.7. The fourth-order valence-electron chi connectivity index (χ4n) is 7.35. The molecule has 0 aromatic rings. The topological polar surface area (TPSA) is 137 Å². The monoisotopic (exact) mass is 570 g/mol. The zero-order valence-electron chi connectivity index (χ0n) is 23.0. The Labute approximate surface area is 234 Å². The Morgan fingerprint density at radius 1 is 1.32 bits per heavy atom. The Morgan fingerprint density at radius 3 is 2.67 bits per heavy atom. The number of hydrogen-bond donors (Lipinski definition) is 3. The van der Waals surface area contributed by atoms with Crippen LogP contribution in [0.15, 0.2) is 23.8 Å². The zero-order valence-corrected chi connectivity index (χ0v) is 23.0. The van der Waals surface area contributed by atoms with E-state index < -0.39 is 76.6 Å². The average molecular weight is 571 g/mol. The van der Waals surface area contributed by atoms with Crippen molar-refractivity contribution in [1.82, 2.24) is 5.32 Å². The number of aliphatic hydroxyl groups is 1. The van der Waals surface area contributed by atoms with Gasteiger partial charge in [-0.3, -0.25) is 14.4 Å². The Hall–Kier alpha value is -2.05. The van der Waals surface area contributed by atoms with Gasteiger partial charge in [0.2, 0.25) is 5.91 Å². The third-order valence-corrected chi connectivity index (χ3v) is 9.82. The molecule has 0 spiro atoms. The molecular weight excluding hydrogens is 526 g/mol. The summed E-state index contributed by atoms with van der Waals surface area (Å²) in [7, 11) is 0. The van der Waals surface area contributed by atoms with Crippen LogP contribution >= 0.6 is 0 Å². The molecule has 0 aromatic carbocycles. The van der Waals surface area contributed by atoms with Crippen molar-refractivity contribution in [2.24, 2.45) is 28.4 Å². The number of hydrogen-bond acceptors (Lipinski definition) is 8. The highest BCUT2D eigenvalue weighted by atomic mass is 19.1. The van der Waals surface area contributed by atoms with Crippen LogP contribution in [0, 0.1) is 22.7 Å². The van der Waals surface area contributed by atoms with Gasteiger partial charge in [0.05, 0.1) is 19.3 Å². The molecule has 0 bridgehead atoms. The number of halogens is 2. The second-order valence-corrected chi connectivity index (χ2v) is 11.7. The summed E-state index contributed by atoms with van der Waals surface area (Å²) in [6, 6.07) is 0. The molecule has 9 atom stereocenters. The number of fused-ring (bicyclic) bond motifs is 3. The van der Waals surface area contributed by atoms with Gasteiger partial charge in [-0.05, 0) is 49.8 Å². The number of alkyl halides is 2. The normalized spacial score (nSPS) is 42.4. The highest BCUT2D eigenvalue weighted by Crippen LogP contribution is 2.67. The van der Waals surface area contributed by atoms with Crippen LogP contribution < -0.4 is 11.1 Å². The number of carbonyl (C=O) groups excluding carboxylic acids is 3. The molecule has 1 heterocycles. The minimum Gasteiger partial charge on any atom is -0.390 e. The van der Waals surface area contributed by atoms with Crippen molar-refractivity contribution in [1.29, 1.82) is 0 Å². The number of allylic oxidation sites excluding steroid dienone is 4. The molecule has 1 saturated heterocycles. The molecule has 40 heavy (non-hydrogen) atoms. The van der Waals surface area contributed by atoms with Crippen LogP contribution in [0.4, 0.5) is 8.78 Å². The number of aliphatic hydroxyl groups excluding tert-OH is 1. The van der Waals surface area contributed by atoms with E-state index in [9.17, 15) is 19.5 Å². The molecule has 4 N–H and O–H groups in total. The van der Waals surface area contributed by atoms with Crippen molar-refractivity contribution in [3.8, 4) is 0 Å². The molecule has 6 unspecified atom stereocenters. The predicted octanol–water partition coefficient (Wildman–Crippen LogP) is 2.70. The SMILES string of the molecule is C.CCCC1OCC(C(=O)COCNC(=O)CN)(C2(C)CC(O)[C@@]3(F)C(C[C@H](F)C4=CC(=O)C=C[C@@]43C)C2C)O1. The summed E-state index contributed by atoms with van der Waals surface area (Å²) >= 11 is 0. The average Bonchev–Trinajstić information content (AvgIpc) is 3.34. The highest BCUT2D eigenvalue weighted by Gasteiger charge is 2.74. The fraction of sp³-hybridized carbons (Fsp3) is 0.759. The smallest absolute Gasteiger partial charge is 0.235 e. The Bertz CT molecular complexity index is 1070. The molecule has 2 saturated carbocycles. The lowest BCUT2D eigenvalue weighted by Crippen LogP contribution is -2.72. The molecule has 4 aliphatic rings. The van der Waals surface area contributed by atoms with E-state index in [1.807, 2.05) is 6.92 Å². The first-order valence-corrected chi connectivity index (χ1v) is 13.6. The van der Waals surface area contributed by atoms with E-state index in [1.165, 1.54) is 19.1 Å². The number of carbonyl (C=O) groups is 3. The number of Topliss-reactive ketones (excluding diaryl/α,β-unsaturated/α-hetero) is 1. The standard InChI is InChI=1S/C28H40F2N2O7.CH4/c1-5-6-24-38-14-27(39-24,22(35)13-37-15-32-23(36)12-31)26(4)11-21(34)28(30)18(16(26)2)10-20(29)19-9-17(33)7-8-25(19,28)3;/h7-9,16,18,20-21,24,34H,5-6,10-15,31H2,1-4H3,(H,32,36);1H4/t16?,18?,20-,21?,24?,25-,26?,27?,28-;/m0./s1. The summed E-state index contributed by atoms with van der Waals surface area (Å²) in [4.78, 5) is 37.3. The number of nitrogens with one attached hydrogen (secondary N) is 1.